The molecule has 0 amide bonds. The number of methoxy groups -OCH3 is 1. The second-order valence-electron chi connectivity index (χ2n) is 9.78. The monoisotopic (exact) mass is 547 g/mol. The molecule has 9 nitrogen and oxygen atoms in total. The Labute approximate surface area is 226 Å². The highest BCUT2D eigenvalue weighted by molar-refractivity contribution is 5.78. The summed E-state index contributed by atoms with van der Waals surface area (Å²) in [6, 6.07) is 10.6. The van der Waals surface area contributed by atoms with E-state index in [1.165, 1.54) is 24.2 Å². The summed E-state index contributed by atoms with van der Waals surface area (Å²) in [5.41, 5.74) is 2.24. The van der Waals surface area contributed by atoms with Gasteiger partial charge in [0.05, 0.1) is 24.5 Å². The molecule has 1 aliphatic rings. The van der Waals surface area contributed by atoms with Gasteiger partial charge in [-0.25, -0.2) is 24.6 Å². The zero-order valence-electron chi connectivity index (χ0n) is 21.8. The van der Waals surface area contributed by atoms with E-state index in [2.05, 4.69) is 20.1 Å². The van der Waals surface area contributed by atoms with E-state index >= 15 is 0 Å². The topological polar surface area (TPSA) is 101 Å². The first-order chi connectivity index (χ1) is 19.2. The molecule has 4 aromatic heterocycles. The number of ether oxygens (including phenoxy) is 1. The SMILES string of the molecule is COc1ncnc(C2CC2)c1-c1ncc2ccc(=O)n([C@@H](C)c3ccc(-n4nc(C(F)(F)F)cc4C)cc3)c2n1. The highest BCUT2D eigenvalue weighted by Gasteiger charge is 2.35. The molecule has 12 heteroatoms. The van der Waals surface area contributed by atoms with Crippen LogP contribution in [0.5, 0.6) is 5.88 Å². The van der Waals surface area contributed by atoms with Crippen molar-refractivity contribution in [2.45, 2.75) is 44.8 Å². The Morgan fingerprint density at radius 2 is 1.80 bits per heavy atom. The molecule has 0 N–H and O–H groups in total. The maximum absolute atomic E-state index is 13.2. The van der Waals surface area contributed by atoms with Gasteiger partial charge in [-0.1, -0.05) is 12.1 Å². The van der Waals surface area contributed by atoms with E-state index < -0.39 is 17.9 Å². The number of halogens is 3. The fraction of sp³-hybridized carbons (Fsp3) is 0.286. The number of rotatable bonds is 6. The van der Waals surface area contributed by atoms with Crippen LogP contribution in [0.3, 0.4) is 0 Å². The first-order valence-corrected chi connectivity index (χ1v) is 12.7. The lowest BCUT2D eigenvalue weighted by Crippen LogP contribution is -2.24. The van der Waals surface area contributed by atoms with Crippen LogP contribution >= 0.6 is 0 Å². The summed E-state index contributed by atoms with van der Waals surface area (Å²) in [6.45, 7) is 3.42. The van der Waals surface area contributed by atoms with Gasteiger partial charge in [-0.05, 0) is 56.5 Å². The van der Waals surface area contributed by atoms with Gasteiger partial charge < -0.3 is 4.74 Å². The Hall–Kier alpha value is -4.61. The van der Waals surface area contributed by atoms with Crippen LogP contribution in [0.25, 0.3) is 28.1 Å². The van der Waals surface area contributed by atoms with Gasteiger partial charge in [0.25, 0.3) is 5.56 Å². The van der Waals surface area contributed by atoms with Crippen molar-refractivity contribution in [1.29, 1.82) is 0 Å². The molecule has 1 aliphatic carbocycles. The van der Waals surface area contributed by atoms with E-state index in [-0.39, 0.29) is 11.5 Å². The summed E-state index contributed by atoms with van der Waals surface area (Å²) in [6.07, 6.45) is 0.608. The second-order valence-corrected chi connectivity index (χ2v) is 9.78. The molecule has 1 fully saturated rings. The average Bonchev–Trinajstić information content (AvgIpc) is 3.72. The Balaban J connectivity index is 1.41. The third kappa shape index (κ3) is 4.48. The molecule has 0 bridgehead atoms. The third-order valence-electron chi connectivity index (χ3n) is 7.08. The molecular weight excluding hydrogens is 523 g/mol. The van der Waals surface area contributed by atoms with Crippen molar-refractivity contribution in [1.82, 2.24) is 34.3 Å². The molecule has 40 heavy (non-hydrogen) atoms. The Morgan fingerprint density at radius 3 is 2.45 bits per heavy atom. The maximum Gasteiger partial charge on any atom is 0.435 e. The molecule has 204 valence electrons. The molecule has 6 rings (SSSR count). The molecule has 5 aromatic rings. The van der Waals surface area contributed by atoms with Gasteiger partial charge >= 0.3 is 6.18 Å². The molecule has 0 radical (unpaired) electrons. The van der Waals surface area contributed by atoms with Gasteiger partial charge in [0.1, 0.15) is 17.5 Å². The molecule has 4 heterocycles. The molecule has 0 unspecified atom stereocenters. The summed E-state index contributed by atoms with van der Waals surface area (Å²) in [5, 5.41) is 4.38. The predicted molar refractivity (Wildman–Crippen MR) is 140 cm³/mol. The van der Waals surface area contributed by atoms with Gasteiger partial charge in [0, 0.05) is 29.3 Å². The second kappa shape index (κ2) is 9.54. The predicted octanol–water partition coefficient (Wildman–Crippen LogP) is 5.26. The van der Waals surface area contributed by atoms with E-state index in [1.807, 2.05) is 6.92 Å². The Kier molecular flexibility index (Phi) is 6.12. The van der Waals surface area contributed by atoms with E-state index in [1.54, 1.807) is 48.0 Å². The lowest BCUT2D eigenvalue weighted by molar-refractivity contribution is -0.141. The van der Waals surface area contributed by atoms with E-state index in [0.717, 1.165) is 30.2 Å². The Morgan fingerprint density at radius 1 is 1.05 bits per heavy atom. The fourth-order valence-electron chi connectivity index (χ4n) is 4.86. The van der Waals surface area contributed by atoms with Crippen LogP contribution in [0.1, 0.15) is 54.4 Å². The van der Waals surface area contributed by atoms with Crippen LogP contribution in [0.15, 0.2) is 59.8 Å². The number of benzene rings is 1. The van der Waals surface area contributed by atoms with Gasteiger partial charge in [0.15, 0.2) is 11.5 Å². The quantitative estimate of drug-likeness (QED) is 0.286. The third-order valence-corrected chi connectivity index (χ3v) is 7.08. The van der Waals surface area contributed by atoms with Crippen LogP contribution < -0.4 is 10.3 Å². The highest BCUT2D eigenvalue weighted by Crippen LogP contribution is 2.45. The van der Waals surface area contributed by atoms with E-state index in [9.17, 15) is 18.0 Å². The van der Waals surface area contributed by atoms with E-state index in [4.69, 9.17) is 9.72 Å². The van der Waals surface area contributed by atoms with Crippen molar-refractivity contribution < 1.29 is 17.9 Å². The van der Waals surface area contributed by atoms with Crippen LogP contribution in [-0.4, -0.2) is 41.4 Å². The first kappa shape index (κ1) is 25.7. The minimum Gasteiger partial charge on any atom is -0.480 e. The first-order valence-electron chi connectivity index (χ1n) is 12.7. The van der Waals surface area contributed by atoms with Crippen molar-refractivity contribution in [2.24, 2.45) is 0 Å². The molecule has 1 atom stereocenters. The summed E-state index contributed by atoms with van der Waals surface area (Å²) < 4.78 is 47.7. The zero-order chi connectivity index (χ0) is 28.2. The lowest BCUT2D eigenvalue weighted by Gasteiger charge is -2.19. The number of nitrogens with zero attached hydrogens (tertiary/aromatic N) is 7. The average molecular weight is 548 g/mol. The van der Waals surface area contributed by atoms with Crippen molar-refractivity contribution in [3.8, 4) is 23.0 Å². The summed E-state index contributed by atoms with van der Waals surface area (Å²) >= 11 is 0. The van der Waals surface area contributed by atoms with Gasteiger partial charge in [0.2, 0.25) is 5.88 Å². The minimum absolute atomic E-state index is 0.259. The van der Waals surface area contributed by atoms with Crippen molar-refractivity contribution in [2.75, 3.05) is 7.11 Å². The smallest absolute Gasteiger partial charge is 0.435 e. The van der Waals surface area contributed by atoms with Gasteiger partial charge in [-0.2, -0.15) is 18.3 Å². The zero-order valence-corrected chi connectivity index (χ0v) is 21.8. The number of aryl methyl sites for hydroxylation is 1. The number of hydrogen-bond acceptors (Lipinski definition) is 7. The molecule has 1 aromatic carbocycles. The lowest BCUT2D eigenvalue weighted by atomic mass is 10.1. The highest BCUT2D eigenvalue weighted by atomic mass is 19.4. The van der Waals surface area contributed by atoms with Crippen molar-refractivity contribution >= 4 is 11.0 Å². The van der Waals surface area contributed by atoms with Crippen molar-refractivity contribution in [3.63, 3.8) is 0 Å². The van der Waals surface area contributed by atoms with E-state index in [0.29, 0.717) is 39.7 Å². The van der Waals surface area contributed by atoms with Gasteiger partial charge in [-0.3, -0.25) is 9.36 Å². The minimum atomic E-state index is -4.53. The van der Waals surface area contributed by atoms with Crippen molar-refractivity contribution in [3.05, 3.63) is 88.0 Å². The molecule has 1 saturated carbocycles. The number of hydrogen-bond donors (Lipinski definition) is 0. The summed E-state index contributed by atoms with van der Waals surface area (Å²) in [4.78, 5) is 31.3. The van der Waals surface area contributed by atoms with Gasteiger partial charge in [-0.15, -0.1) is 0 Å². The molecule has 0 spiro atoms. The molecule has 0 saturated heterocycles. The number of pyridine rings is 1. The van der Waals surface area contributed by atoms with Crippen LogP contribution in [0, 0.1) is 6.92 Å². The fourth-order valence-corrected chi connectivity index (χ4v) is 4.86. The molecular formula is C28H24F3N7O2. The van der Waals surface area contributed by atoms with Crippen LogP contribution in [0.4, 0.5) is 13.2 Å². The van der Waals surface area contributed by atoms with Crippen LogP contribution in [0.2, 0.25) is 0 Å². The number of fused-ring (bicyclic) bond motifs is 1. The Bertz CT molecular complexity index is 1790. The normalized spacial score (nSPS) is 14.4. The van der Waals surface area contributed by atoms with Crippen LogP contribution in [-0.2, 0) is 6.18 Å². The molecule has 0 aliphatic heterocycles. The number of alkyl halides is 3. The summed E-state index contributed by atoms with van der Waals surface area (Å²) in [7, 11) is 1.53. The largest absolute Gasteiger partial charge is 0.480 e. The number of aromatic nitrogens is 7. The maximum atomic E-state index is 13.2. The summed E-state index contributed by atoms with van der Waals surface area (Å²) in [5.74, 6) is 1.02. The standard InChI is InChI=1S/C28H24F3N7O2/c1-15-12-21(28(29,30)31)36-38(15)20-9-6-17(7-10-20)16(2)37-22(39)11-8-19-13-32-25(35-26(19)37)23-24(18-4-5-18)33-14-34-27(23)40-3/h6-14,16,18H,4-5H2,1-3H3/t16-/m0/s1.